The topological polar surface area (TPSA) is 115 Å². The Morgan fingerprint density at radius 2 is 1.24 bits per heavy atom. The lowest BCUT2D eigenvalue weighted by atomic mass is 9.93. The van der Waals surface area contributed by atoms with Crippen LogP contribution in [0.25, 0.3) is 0 Å². The predicted octanol–water partition coefficient (Wildman–Crippen LogP) is 5.05. The van der Waals surface area contributed by atoms with E-state index in [9.17, 15) is 9.90 Å². The van der Waals surface area contributed by atoms with Crippen LogP contribution in [0.3, 0.4) is 0 Å². The van der Waals surface area contributed by atoms with Crippen LogP contribution >= 0.6 is 0 Å². The van der Waals surface area contributed by atoms with Gasteiger partial charge in [0, 0.05) is 17.7 Å². The molecule has 0 bridgehead atoms. The zero-order chi connectivity index (χ0) is 23.9. The number of hydrogen-bond donors (Lipinski definition) is 2. The summed E-state index contributed by atoms with van der Waals surface area (Å²) < 4.78 is 11.9. The number of amides is 1. The van der Waals surface area contributed by atoms with Gasteiger partial charge >= 0.3 is 0 Å². The monoisotopic (exact) mass is 453 g/mol. The van der Waals surface area contributed by atoms with Crippen molar-refractivity contribution in [3.63, 3.8) is 0 Å². The molecule has 0 aliphatic heterocycles. The minimum Gasteiger partial charge on any atom is -0.457 e. The quantitative estimate of drug-likeness (QED) is 0.540. The summed E-state index contributed by atoms with van der Waals surface area (Å²) in [4.78, 5) is 13.0. The molecule has 0 saturated heterocycles. The third kappa shape index (κ3) is 5.92. The van der Waals surface area contributed by atoms with Crippen molar-refractivity contribution in [2.24, 2.45) is 0 Å². The first-order valence-electron chi connectivity index (χ1n) is 11.0. The fourth-order valence-electron chi connectivity index (χ4n) is 3.78. The molecule has 34 heavy (non-hydrogen) atoms. The molecule has 0 unspecified atom stereocenters. The van der Waals surface area contributed by atoms with Crippen molar-refractivity contribution >= 4 is 5.91 Å². The van der Waals surface area contributed by atoms with E-state index in [1.54, 1.807) is 66.7 Å². The summed E-state index contributed by atoms with van der Waals surface area (Å²) in [5.41, 5.74) is 1.41. The van der Waals surface area contributed by atoms with Gasteiger partial charge in [0.2, 0.25) is 0 Å². The van der Waals surface area contributed by atoms with E-state index < -0.39 is 0 Å². The first kappa shape index (κ1) is 22.8. The van der Waals surface area contributed by atoms with Crippen LogP contribution in [-0.4, -0.2) is 23.2 Å². The first-order chi connectivity index (χ1) is 16.5. The van der Waals surface area contributed by atoms with Gasteiger partial charge in [-0.05, 0) is 86.3 Å². The van der Waals surface area contributed by atoms with E-state index >= 15 is 0 Å². The van der Waals surface area contributed by atoms with Crippen LogP contribution in [-0.2, 0) is 0 Å². The van der Waals surface area contributed by atoms with Crippen LogP contribution in [0.15, 0.2) is 66.7 Å². The maximum Gasteiger partial charge on any atom is 0.251 e. The third-order valence-electron chi connectivity index (χ3n) is 5.61. The number of rotatable bonds is 6. The van der Waals surface area contributed by atoms with Gasteiger partial charge < -0.3 is 19.9 Å². The fraction of sp³-hybridized carbons (Fsp3) is 0.222. The standard InChI is InChI=1S/C27H23N3O4/c28-16-18-1-9-23(10-2-18)33-25-13-20(27(32)30-21-5-7-22(31)8-6-21)14-26(15-25)34-24-11-3-19(17-29)4-12-24/h1-4,9-15,21-22,31H,5-8H2,(H,30,32). The fourth-order valence-corrected chi connectivity index (χ4v) is 3.78. The number of carbonyl (C=O) groups excluding carboxylic acids is 1. The largest absolute Gasteiger partial charge is 0.457 e. The van der Waals surface area contributed by atoms with E-state index in [1.165, 1.54) is 0 Å². The van der Waals surface area contributed by atoms with Crippen molar-refractivity contribution in [3.8, 4) is 35.1 Å². The van der Waals surface area contributed by atoms with Gasteiger partial charge in [0.1, 0.15) is 23.0 Å². The molecule has 170 valence electrons. The molecule has 3 aromatic rings. The van der Waals surface area contributed by atoms with Crippen molar-refractivity contribution in [2.45, 2.75) is 37.8 Å². The number of nitrogens with zero attached hydrogens (tertiary/aromatic N) is 2. The predicted molar refractivity (Wildman–Crippen MR) is 125 cm³/mol. The molecule has 1 amide bonds. The second-order valence-corrected chi connectivity index (χ2v) is 8.15. The molecular formula is C27H23N3O4. The van der Waals surface area contributed by atoms with Gasteiger partial charge in [-0.3, -0.25) is 4.79 Å². The molecule has 1 aliphatic rings. The summed E-state index contributed by atoms with van der Waals surface area (Å²) >= 11 is 0. The molecule has 2 N–H and O–H groups in total. The Morgan fingerprint density at radius 1 is 0.765 bits per heavy atom. The van der Waals surface area contributed by atoms with E-state index in [4.69, 9.17) is 20.0 Å². The van der Waals surface area contributed by atoms with Gasteiger partial charge in [-0.2, -0.15) is 10.5 Å². The summed E-state index contributed by atoms with van der Waals surface area (Å²) in [6.45, 7) is 0. The molecule has 1 fully saturated rings. The van der Waals surface area contributed by atoms with Crippen molar-refractivity contribution in [1.82, 2.24) is 5.32 Å². The number of hydrogen-bond acceptors (Lipinski definition) is 6. The maximum atomic E-state index is 13.0. The Hall–Kier alpha value is -4.33. The maximum absolute atomic E-state index is 13.0. The minimum absolute atomic E-state index is 0.00175. The Morgan fingerprint density at radius 3 is 1.68 bits per heavy atom. The number of aliphatic hydroxyl groups is 1. The molecule has 0 radical (unpaired) electrons. The van der Waals surface area contributed by atoms with Gasteiger partial charge in [0.15, 0.2) is 0 Å². The Balaban J connectivity index is 1.58. The number of carbonyl (C=O) groups is 1. The normalized spacial score (nSPS) is 17.1. The SMILES string of the molecule is N#Cc1ccc(Oc2cc(Oc3ccc(C#N)cc3)cc(C(=O)NC3CCC(O)CC3)c2)cc1. The molecule has 1 aliphatic carbocycles. The van der Waals surface area contributed by atoms with Gasteiger partial charge in [-0.1, -0.05) is 0 Å². The molecule has 7 nitrogen and oxygen atoms in total. The van der Waals surface area contributed by atoms with Gasteiger partial charge in [0.05, 0.1) is 29.4 Å². The summed E-state index contributed by atoms with van der Waals surface area (Å²) in [6.07, 6.45) is 2.48. The van der Waals surface area contributed by atoms with Crippen LogP contribution in [0.1, 0.15) is 47.2 Å². The van der Waals surface area contributed by atoms with Gasteiger partial charge in [-0.15, -0.1) is 0 Å². The molecule has 0 aromatic heterocycles. The molecule has 3 aromatic carbocycles. The van der Waals surface area contributed by atoms with E-state index in [0.717, 1.165) is 12.8 Å². The number of nitrogens with one attached hydrogen (secondary N) is 1. The first-order valence-corrected chi connectivity index (χ1v) is 11.0. The highest BCUT2D eigenvalue weighted by Crippen LogP contribution is 2.31. The minimum atomic E-state index is -0.301. The molecule has 1 saturated carbocycles. The highest BCUT2D eigenvalue weighted by Gasteiger charge is 2.22. The molecule has 7 heteroatoms. The van der Waals surface area contributed by atoms with E-state index in [1.807, 2.05) is 0 Å². The van der Waals surface area contributed by atoms with Crippen LogP contribution in [0.5, 0.6) is 23.0 Å². The average Bonchev–Trinajstić information content (AvgIpc) is 2.86. The van der Waals surface area contributed by atoms with Crippen molar-refractivity contribution in [1.29, 1.82) is 10.5 Å². The van der Waals surface area contributed by atoms with Gasteiger partial charge in [-0.25, -0.2) is 0 Å². The molecule has 0 heterocycles. The van der Waals surface area contributed by atoms with E-state index in [0.29, 0.717) is 52.5 Å². The lowest BCUT2D eigenvalue weighted by molar-refractivity contribution is 0.0867. The smallest absolute Gasteiger partial charge is 0.251 e. The zero-order valence-corrected chi connectivity index (χ0v) is 18.4. The Bertz CT molecular complexity index is 1160. The summed E-state index contributed by atoms with van der Waals surface area (Å²) in [5, 5.41) is 30.7. The number of ether oxygens (including phenoxy) is 2. The summed E-state index contributed by atoms with van der Waals surface area (Å²) in [5.74, 6) is 1.58. The van der Waals surface area contributed by atoms with Crippen LogP contribution in [0, 0.1) is 22.7 Å². The zero-order valence-electron chi connectivity index (χ0n) is 18.4. The lowest BCUT2D eigenvalue weighted by Crippen LogP contribution is -2.38. The Labute approximate surface area is 197 Å². The molecule has 4 rings (SSSR count). The molecular weight excluding hydrogens is 430 g/mol. The van der Waals surface area contributed by atoms with Crippen LogP contribution in [0.2, 0.25) is 0 Å². The van der Waals surface area contributed by atoms with Crippen molar-refractivity contribution < 1.29 is 19.4 Å². The summed E-state index contributed by atoms with van der Waals surface area (Å²) in [6, 6.07) is 22.4. The van der Waals surface area contributed by atoms with E-state index in [2.05, 4.69) is 17.5 Å². The number of nitriles is 2. The van der Waals surface area contributed by atoms with Gasteiger partial charge in [0.25, 0.3) is 5.91 Å². The second-order valence-electron chi connectivity index (χ2n) is 8.15. The van der Waals surface area contributed by atoms with Crippen LogP contribution in [0.4, 0.5) is 0 Å². The second kappa shape index (κ2) is 10.5. The highest BCUT2D eigenvalue weighted by atomic mass is 16.5. The summed E-state index contributed by atoms with van der Waals surface area (Å²) in [7, 11) is 0. The lowest BCUT2D eigenvalue weighted by Gasteiger charge is -2.26. The third-order valence-corrected chi connectivity index (χ3v) is 5.61. The van der Waals surface area contributed by atoms with Crippen molar-refractivity contribution in [3.05, 3.63) is 83.4 Å². The molecule has 0 spiro atoms. The average molecular weight is 453 g/mol. The Kier molecular flexibility index (Phi) is 7.07. The van der Waals surface area contributed by atoms with Crippen LogP contribution < -0.4 is 14.8 Å². The highest BCUT2D eigenvalue weighted by molar-refractivity contribution is 5.95. The number of aliphatic hydroxyl groups excluding tert-OH is 1. The van der Waals surface area contributed by atoms with E-state index in [-0.39, 0.29) is 18.1 Å². The van der Waals surface area contributed by atoms with Crippen molar-refractivity contribution in [2.75, 3.05) is 0 Å². The molecule has 0 atom stereocenters. The number of benzene rings is 3.